The van der Waals surface area contributed by atoms with Crippen molar-refractivity contribution in [3.63, 3.8) is 0 Å². The molecule has 18 heavy (non-hydrogen) atoms. The second kappa shape index (κ2) is 7.62. The Balaban J connectivity index is 2.23. The summed E-state index contributed by atoms with van der Waals surface area (Å²) < 4.78 is 22.7. The maximum absolute atomic E-state index is 13.2. The van der Waals surface area contributed by atoms with Crippen molar-refractivity contribution in [2.45, 2.75) is 6.10 Å². The van der Waals surface area contributed by atoms with Gasteiger partial charge >= 0.3 is 5.97 Å². The number of nitrogens with one attached hydrogen (secondary N) is 1. The van der Waals surface area contributed by atoms with E-state index in [1.807, 2.05) is 0 Å². The maximum Gasteiger partial charge on any atom is 0.319 e. The molecular formula is C12H16FNO4. The number of benzene rings is 1. The predicted octanol–water partition coefficient (Wildman–Crippen LogP) is 0.328. The van der Waals surface area contributed by atoms with Crippen LogP contribution in [0.1, 0.15) is 0 Å². The van der Waals surface area contributed by atoms with Crippen molar-refractivity contribution in [2.75, 3.05) is 26.8 Å². The lowest BCUT2D eigenvalue weighted by atomic mass is 10.3. The Morgan fingerprint density at radius 3 is 2.89 bits per heavy atom. The van der Waals surface area contributed by atoms with E-state index in [-0.39, 0.29) is 25.4 Å². The molecule has 0 fully saturated rings. The van der Waals surface area contributed by atoms with E-state index < -0.39 is 17.9 Å². The Morgan fingerprint density at radius 1 is 1.50 bits per heavy atom. The summed E-state index contributed by atoms with van der Waals surface area (Å²) in [6.07, 6.45) is -0.839. The molecule has 0 spiro atoms. The summed E-state index contributed by atoms with van der Waals surface area (Å²) in [6.45, 7) is 0.103. The van der Waals surface area contributed by atoms with Gasteiger partial charge in [0.15, 0.2) is 11.6 Å². The molecule has 100 valence electrons. The third-order valence-electron chi connectivity index (χ3n) is 2.14. The van der Waals surface area contributed by atoms with E-state index in [9.17, 15) is 14.3 Å². The molecule has 0 aliphatic carbocycles. The quantitative estimate of drug-likeness (QED) is 0.689. The number of esters is 1. The van der Waals surface area contributed by atoms with E-state index in [0.29, 0.717) is 0 Å². The van der Waals surface area contributed by atoms with Crippen molar-refractivity contribution in [1.29, 1.82) is 0 Å². The van der Waals surface area contributed by atoms with Crippen LogP contribution in [0.4, 0.5) is 4.39 Å². The van der Waals surface area contributed by atoms with Gasteiger partial charge in [-0.15, -0.1) is 0 Å². The van der Waals surface area contributed by atoms with Gasteiger partial charge in [-0.2, -0.15) is 0 Å². The van der Waals surface area contributed by atoms with E-state index >= 15 is 0 Å². The first-order valence-corrected chi connectivity index (χ1v) is 5.46. The molecule has 0 heterocycles. The molecule has 0 radical (unpaired) electrons. The van der Waals surface area contributed by atoms with Crippen molar-refractivity contribution in [3.8, 4) is 5.75 Å². The van der Waals surface area contributed by atoms with Gasteiger partial charge in [0, 0.05) is 6.54 Å². The molecule has 1 rings (SSSR count). The highest BCUT2D eigenvalue weighted by Crippen LogP contribution is 2.15. The van der Waals surface area contributed by atoms with Crippen LogP contribution < -0.4 is 10.1 Å². The molecule has 0 aliphatic rings. The molecule has 0 aromatic heterocycles. The van der Waals surface area contributed by atoms with Crippen LogP contribution in [0.3, 0.4) is 0 Å². The number of hydrogen-bond donors (Lipinski definition) is 2. The number of para-hydroxylation sites is 1. The number of methoxy groups -OCH3 is 1. The molecule has 0 amide bonds. The molecule has 2 N–H and O–H groups in total. The van der Waals surface area contributed by atoms with Gasteiger partial charge in [-0.1, -0.05) is 12.1 Å². The largest absolute Gasteiger partial charge is 0.488 e. The number of hydrogen-bond acceptors (Lipinski definition) is 5. The zero-order valence-corrected chi connectivity index (χ0v) is 10.1. The minimum Gasteiger partial charge on any atom is -0.488 e. The number of rotatable bonds is 7. The Labute approximate surface area is 105 Å². The van der Waals surface area contributed by atoms with Crippen LogP contribution in [-0.2, 0) is 9.53 Å². The van der Waals surface area contributed by atoms with Crippen molar-refractivity contribution in [3.05, 3.63) is 30.1 Å². The predicted molar refractivity (Wildman–Crippen MR) is 62.8 cm³/mol. The Bertz CT molecular complexity index is 386. The van der Waals surface area contributed by atoms with Crippen LogP contribution in [0.15, 0.2) is 24.3 Å². The van der Waals surface area contributed by atoms with Crippen molar-refractivity contribution < 1.29 is 23.8 Å². The van der Waals surface area contributed by atoms with Crippen molar-refractivity contribution in [1.82, 2.24) is 5.32 Å². The highest BCUT2D eigenvalue weighted by molar-refractivity contribution is 5.71. The lowest BCUT2D eigenvalue weighted by Crippen LogP contribution is -2.34. The number of ether oxygens (including phenoxy) is 2. The normalized spacial score (nSPS) is 11.9. The Kier molecular flexibility index (Phi) is 6.10. The van der Waals surface area contributed by atoms with Crippen LogP contribution in [0.5, 0.6) is 5.75 Å². The fourth-order valence-electron chi connectivity index (χ4n) is 1.22. The van der Waals surface area contributed by atoms with Gasteiger partial charge in [-0.05, 0) is 12.1 Å². The molecule has 0 saturated heterocycles. The minimum atomic E-state index is -0.839. The Hall–Kier alpha value is -1.66. The van der Waals surface area contributed by atoms with Gasteiger partial charge in [0.05, 0.1) is 13.7 Å². The lowest BCUT2D eigenvalue weighted by molar-refractivity contribution is -0.139. The van der Waals surface area contributed by atoms with E-state index in [0.717, 1.165) is 0 Å². The zero-order chi connectivity index (χ0) is 13.4. The fourth-order valence-corrected chi connectivity index (χ4v) is 1.22. The number of carbonyl (C=O) groups is 1. The molecule has 0 saturated carbocycles. The first-order chi connectivity index (χ1) is 8.63. The van der Waals surface area contributed by atoms with Gasteiger partial charge < -0.3 is 19.9 Å². The molecular weight excluding hydrogens is 241 g/mol. The van der Waals surface area contributed by atoms with Crippen molar-refractivity contribution >= 4 is 5.97 Å². The third-order valence-corrected chi connectivity index (χ3v) is 2.14. The first-order valence-electron chi connectivity index (χ1n) is 5.46. The first kappa shape index (κ1) is 14.4. The molecule has 5 nitrogen and oxygen atoms in total. The summed E-state index contributed by atoms with van der Waals surface area (Å²) in [6, 6.07) is 5.94. The summed E-state index contributed by atoms with van der Waals surface area (Å²) in [5, 5.41) is 12.2. The highest BCUT2D eigenvalue weighted by atomic mass is 19.1. The van der Waals surface area contributed by atoms with Gasteiger partial charge in [0.1, 0.15) is 12.7 Å². The summed E-state index contributed by atoms with van der Waals surface area (Å²) in [4.78, 5) is 10.8. The standard InChI is InChI=1S/C12H16FNO4/c1-17-12(16)7-14-6-9(15)8-18-11-5-3-2-4-10(11)13/h2-5,9,14-15H,6-8H2,1H3. The van der Waals surface area contributed by atoms with Crippen LogP contribution in [0, 0.1) is 5.82 Å². The number of aliphatic hydroxyl groups excluding tert-OH is 1. The minimum absolute atomic E-state index is 0.00720. The molecule has 1 atom stereocenters. The van der Waals surface area contributed by atoms with Crippen LogP contribution in [0.25, 0.3) is 0 Å². The van der Waals surface area contributed by atoms with Gasteiger partial charge in [0.2, 0.25) is 0 Å². The fraction of sp³-hybridized carbons (Fsp3) is 0.417. The lowest BCUT2D eigenvalue weighted by Gasteiger charge is -2.13. The zero-order valence-electron chi connectivity index (χ0n) is 10.1. The second-order valence-electron chi connectivity index (χ2n) is 3.60. The number of aliphatic hydroxyl groups is 1. The number of halogens is 1. The number of carbonyl (C=O) groups excluding carboxylic acids is 1. The van der Waals surface area contributed by atoms with Gasteiger partial charge in [-0.3, -0.25) is 4.79 Å². The molecule has 1 aromatic rings. The van der Waals surface area contributed by atoms with Crippen LogP contribution in [0.2, 0.25) is 0 Å². The monoisotopic (exact) mass is 257 g/mol. The van der Waals surface area contributed by atoms with E-state index in [4.69, 9.17) is 4.74 Å². The average molecular weight is 257 g/mol. The smallest absolute Gasteiger partial charge is 0.319 e. The molecule has 0 bridgehead atoms. The molecule has 1 aromatic carbocycles. The van der Waals surface area contributed by atoms with Crippen LogP contribution in [-0.4, -0.2) is 44.0 Å². The van der Waals surface area contributed by atoms with E-state index in [1.165, 1.54) is 19.2 Å². The maximum atomic E-state index is 13.2. The summed E-state index contributed by atoms with van der Waals surface area (Å²) >= 11 is 0. The molecule has 1 unspecified atom stereocenters. The second-order valence-corrected chi connectivity index (χ2v) is 3.60. The Morgan fingerprint density at radius 2 is 2.22 bits per heavy atom. The summed E-state index contributed by atoms with van der Waals surface area (Å²) in [7, 11) is 1.28. The van der Waals surface area contributed by atoms with Gasteiger partial charge in [0.25, 0.3) is 0 Å². The summed E-state index contributed by atoms with van der Waals surface area (Å²) in [5.74, 6) is -0.811. The topological polar surface area (TPSA) is 67.8 Å². The third kappa shape index (κ3) is 5.11. The van der Waals surface area contributed by atoms with Gasteiger partial charge in [-0.25, -0.2) is 4.39 Å². The SMILES string of the molecule is COC(=O)CNCC(O)COc1ccccc1F. The van der Waals surface area contributed by atoms with E-state index in [1.54, 1.807) is 12.1 Å². The molecule has 6 heteroatoms. The highest BCUT2D eigenvalue weighted by Gasteiger charge is 2.08. The molecule has 0 aliphatic heterocycles. The van der Waals surface area contributed by atoms with E-state index in [2.05, 4.69) is 10.1 Å². The average Bonchev–Trinajstić information content (AvgIpc) is 2.37. The van der Waals surface area contributed by atoms with Crippen molar-refractivity contribution in [2.24, 2.45) is 0 Å². The summed E-state index contributed by atoms with van der Waals surface area (Å²) in [5.41, 5.74) is 0. The van der Waals surface area contributed by atoms with Crippen LogP contribution >= 0.6 is 0 Å².